The van der Waals surface area contributed by atoms with E-state index in [9.17, 15) is 14.3 Å². The fourth-order valence-electron chi connectivity index (χ4n) is 5.00. The molecule has 1 spiro atoms. The normalized spacial score (nSPS) is 22.4. The Hall–Kier alpha value is -2.25. The number of rotatable bonds is 5. The molecular formula is C22H29FN4O2. The first kappa shape index (κ1) is 20.0. The summed E-state index contributed by atoms with van der Waals surface area (Å²) in [6.07, 6.45) is 5.41. The number of aromatic nitrogens is 2. The maximum atomic E-state index is 13.6. The molecule has 4 rings (SSSR count). The minimum absolute atomic E-state index is 0.190. The van der Waals surface area contributed by atoms with Crippen LogP contribution in [-0.2, 0) is 24.9 Å². The van der Waals surface area contributed by atoms with Crippen LogP contribution < -0.4 is 0 Å². The molecular weight excluding hydrogens is 371 g/mol. The molecule has 1 atom stereocenters. The molecule has 1 aromatic carbocycles. The number of carbonyl (C=O) groups is 1. The molecule has 2 fully saturated rings. The van der Waals surface area contributed by atoms with Crippen LogP contribution in [0.1, 0.15) is 29.8 Å². The van der Waals surface area contributed by atoms with Crippen molar-refractivity contribution in [3.05, 3.63) is 53.4 Å². The molecule has 0 aliphatic carbocycles. The fraction of sp³-hybridized carbons (Fsp3) is 0.545. The van der Waals surface area contributed by atoms with Crippen LogP contribution in [0.2, 0.25) is 0 Å². The van der Waals surface area contributed by atoms with Gasteiger partial charge in [-0.1, -0.05) is 6.07 Å². The van der Waals surface area contributed by atoms with Gasteiger partial charge in [0.25, 0.3) is 0 Å². The molecule has 0 bridgehead atoms. The number of benzene rings is 1. The molecule has 1 aromatic heterocycles. The van der Waals surface area contributed by atoms with Gasteiger partial charge in [0, 0.05) is 44.5 Å². The number of aliphatic carboxylic acids is 1. The number of hydrogen-bond acceptors (Lipinski definition) is 4. The van der Waals surface area contributed by atoms with E-state index < -0.39 is 5.97 Å². The van der Waals surface area contributed by atoms with Crippen LogP contribution in [0, 0.1) is 24.1 Å². The molecule has 2 saturated heterocycles. The van der Waals surface area contributed by atoms with E-state index in [4.69, 9.17) is 0 Å². The summed E-state index contributed by atoms with van der Waals surface area (Å²) in [5.41, 5.74) is 1.92. The van der Waals surface area contributed by atoms with Crippen LogP contribution in [0.15, 0.2) is 30.6 Å². The van der Waals surface area contributed by atoms with Crippen molar-refractivity contribution < 1.29 is 14.3 Å². The van der Waals surface area contributed by atoms with Crippen LogP contribution in [0.3, 0.4) is 0 Å². The van der Waals surface area contributed by atoms with Crippen molar-refractivity contribution in [3.8, 4) is 0 Å². The first-order chi connectivity index (χ1) is 13.9. The van der Waals surface area contributed by atoms with Crippen molar-refractivity contribution in [3.63, 3.8) is 0 Å². The Morgan fingerprint density at radius 3 is 2.69 bits per heavy atom. The van der Waals surface area contributed by atoms with E-state index in [-0.39, 0.29) is 17.2 Å². The number of aryl methyl sites for hydroxylation is 2. The molecule has 2 aromatic rings. The van der Waals surface area contributed by atoms with Gasteiger partial charge in [-0.25, -0.2) is 9.37 Å². The van der Waals surface area contributed by atoms with Gasteiger partial charge in [0.2, 0.25) is 0 Å². The number of carboxylic acid groups (broad SMARTS) is 1. The van der Waals surface area contributed by atoms with Gasteiger partial charge in [0.05, 0.1) is 12.5 Å². The van der Waals surface area contributed by atoms with Crippen LogP contribution in [0.4, 0.5) is 4.39 Å². The van der Waals surface area contributed by atoms with Gasteiger partial charge in [0.15, 0.2) is 0 Å². The lowest BCUT2D eigenvalue weighted by Crippen LogP contribution is -2.45. The topological polar surface area (TPSA) is 61.6 Å². The molecule has 29 heavy (non-hydrogen) atoms. The fourth-order valence-corrected chi connectivity index (χ4v) is 5.00. The van der Waals surface area contributed by atoms with E-state index in [2.05, 4.69) is 14.8 Å². The largest absolute Gasteiger partial charge is 0.481 e. The molecule has 6 nitrogen and oxygen atoms in total. The lowest BCUT2D eigenvalue weighted by molar-refractivity contribution is -0.146. The van der Waals surface area contributed by atoms with Gasteiger partial charge in [-0.05, 0) is 56.1 Å². The number of piperidine rings is 1. The average Bonchev–Trinajstić information content (AvgIpc) is 3.24. The molecule has 1 N–H and O–H groups in total. The lowest BCUT2D eigenvalue weighted by atomic mass is 9.71. The van der Waals surface area contributed by atoms with Crippen molar-refractivity contribution in [2.45, 2.75) is 32.9 Å². The molecule has 0 saturated carbocycles. The minimum atomic E-state index is -0.693. The van der Waals surface area contributed by atoms with Crippen molar-refractivity contribution >= 4 is 5.97 Å². The summed E-state index contributed by atoms with van der Waals surface area (Å²) in [5, 5.41) is 9.89. The number of nitrogens with zero attached hydrogens (tertiary/aromatic N) is 4. The molecule has 0 amide bonds. The third kappa shape index (κ3) is 4.07. The molecule has 0 radical (unpaired) electrons. The molecule has 3 heterocycles. The number of imidazole rings is 1. The molecule has 7 heteroatoms. The van der Waals surface area contributed by atoms with Crippen LogP contribution in [-0.4, -0.2) is 56.6 Å². The second-order valence-corrected chi connectivity index (χ2v) is 8.72. The second-order valence-electron chi connectivity index (χ2n) is 8.72. The van der Waals surface area contributed by atoms with E-state index in [1.54, 1.807) is 12.3 Å². The van der Waals surface area contributed by atoms with Crippen molar-refractivity contribution in [2.75, 3.05) is 26.2 Å². The van der Waals surface area contributed by atoms with Crippen molar-refractivity contribution in [2.24, 2.45) is 18.4 Å². The molecule has 2 aliphatic rings. The highest BCUT2D eigenvalue weighted by atomic mass is 19.1. The van der Waals surface area contributed by atoms with E-state index in [1.807, 2.05) is 30.8 Å². The standard InChI is InChI=1S/C22H29FN4O2/c1-16-3-4-18(23)11-17(16)12-26-8-5-22(6-9-26)15-27(13-19(22)21(28)29)14-20-24-7-10-25(20)2/h3-4,7,10-11,19H,5-6,8-9,12-15H2,1-2H3,(H,28,29). The van der Waals surface area contributed by atoms with E-state index in [0.29, 0.717) is 19.6 Å². The molecule has 2 aliphatic heterocycles. The third-order valence-corrected chi connectivity index (χ3v) is 6.86. The number of hydrogen-bond donors (Lipinski definition) is 1. The highest BCUT2D eigenvalue weighted by molar-refractivity contribution is 5.72. The van der Waals surface area contributed by atoms with Gasteiger partial charge in [-0.2, -0.15) is 0 Å². The minimum Gasteiger partial charge on any atom is -0.481 e. The first-order valence-electron chi connectivity index (χ1n) is 10.2. The molecule has 156 valence electrons. The Labute approximate surface area is 171 Å². The Morgan fingerprint density at radius 2 is 2.03 bits per heavy atom. The van der Waals surface area contributed by atoms with Gasteiger partial charge in [-0.3, -0.25) is 14.6 Å². The third-order valence-electron chi connectivity index (χ3n) is 6.86. The predicted molar refractivity (Wildman–Crippen MR) is 108 cm³/mol. The van der Waals surface area contributed by atoms with Crippen molar-refractivity contribution in [1.29, 1.82) is 0 Å². The zero-order chi connectivity index (χ0) is 20.6. The van der Waals surface area contributed by atoms with Crippen LogP contribution in [0.5, 0.6) is 0 Å². The Morgan fingerprint density at radius 1 is 1.28 bits per heavy atom. The van der Waals surface area contributed by atoms with Crippen LogP contribution in [0.25, 0.3) is 0 Å². The SMILES string of the molecule is Cc1ccc(F)cc1CN1CCC2(CC1)CN(Cc1nccn1C)CC2C(=O)O. The monoisotopic (exact) mass is 400 g/mol. The second kappa shape index (κ2) is 7.88. The maximum Gasteiger partial charge on any atom is 0.308 e. The summed E-state index contributed by atoms with van der Waals surface area (Å²) < 4.78 is 15.6. The predicted octanol–water partition coefficient (Wildman–Crippen LogP) is 2.67. The summed E-state index contributed by atoms with van der Waals surface area (Å²) in [6, 6.07) is 4.93. The average molecular weight is 400 g/mol. The summed E-state index contributed by atoms with van der Waals surface area (Å²) in [5.74, 6) is -0.279. The van der Waals surface area contributed by atoms with Gasteiger partial charge >= 0.3 is 5.97 Å². The maximum absolute atomic E-state index is 13.6. The van der Waals surface area contributed by atoms with E-state index >= 15 is 0 Å². The Bertz CT molecular complexity index is 889. The van der Waals surface area contributed by atoms with Gasteiger partial charge < -0.3 is 9.67 Å². The van der Waals surface area contributed by atoms with E-state index in [0.717, 1.165) is 49.4 Å². The quantitative estimate of drug-likeness (QED) is 0.836. The summed E-state index contributed by atoms with van der Waals surface area (Å²) in [7, 11) is 1.97. The Kier molecular flexibility index (Phi) is 5.44. The summed E-state index contributed by atoms with van der Waals surface area (Å²) in [4.78, 5) is 21.0. The first-order valence-corrected chi connectivity index (χ1v) is 10.2. The smallest absolute Gasteiger partial charge is 0.308 e. The lowest BCUT2D eigenvalue weighted by Gasteiger charge is -2.41. The van der Waals surface area contributed by atoms with Crippen LogP contribution >= 0.6 is 0 Å². The number of carboxylic acids is 1. The van der Waals surface area contributed by atoms with Gasteiger partial charge in [0.1, 0.15) is 11.6 Å². The Balaban J connectivity index is 1.43. The zero-order valence-corrected chi connectivity index (χ0v) is 17.1. The highest BCUT2D eigenvalue weighted by Gasteiger charge is 2.51. The van der Waals surface area contributed by atoms with Gasteiger partial charge in [-0.15, -0.1) is 0 Å². The van der Waals surface area contributed by atoms with E-state index in [1.165, 1.54) is 6.07 Å². The number of likely N-dealkylation sites (tertiary alicyclic amines) is 2. The van der Waals surface area contributed by atoms with Crippen molar-refractivity contribution in [1.82, 2.24) is 19.4 Å². The molecule has 1 unspecified atom stereocenters. The summed E-state index contributed by atoms with van der Waals surface area (Å²) >= 11 is 0. The zero-order valence-electron chi connectivity index (χ0n) is 17.1. The number of halogens is 1. The summed E-state index contributed by atoms with van der Waals surface area (Å²) in [6.45, 7) is 6.46. The highest BCUT2D eigenvalue weighted by Crippen LogP contribution is 2.45.